The van der Waals surface area contributed by atoms with Gasteiger partial charge in [-0.2, -0.15) is 0 Å². The van der Waals surface area contributed by atoms with Crippen molar-refractivity contribution in [3.05, 3.63) is 69.5 Å². The number of primary amides is 1. The monoisotopic (exact) mass is 403 g/mol. The van der Waals surface area contributed by atoms with Gasteiger partial charge in [0.1, 0.15) is 5.25 Å². The average molecular weight is 404 g/mol. The number of benzene rings is 2. The maximum atomic E-state index is 12.9. The summed E-state index contributed by atoms with van der Waals surface area (Å²) >= 11 is 7.19. The lowest BCUT2D eigenvalue weighted by molar-refractivity contribution is -0.117. The zero-order chi connectivity index (χ0) is 19.4. The Morgan fingerprint density at radius 2 is 2.04 bits per heavy atom. The van der Waals surface area contributed by atoms with E-state index in [4.69, 9.17) is 22.1 Å². The minimum atomic E-state index is -0.677. The first kappa shape index (κ1) is 19.4. The van der Waals surface area contributed by atoms with E-state index in [1.165, 1.54) is 4.57 Å². The highest BCUT2D eigenvalue weighted by molar-refractivity contribution is 8.00. The lowest BCUT2D eigenvalue weighted by Gasteiger charge is -2.17. The highest BCUT2D eigenvalue weighted by Crippen LogP contribution is 2.34. The molecule has 8 heteroatoms. The molecule has 1 heterocycles. The van der Waals surface area contributed by atoms with Crippen molar-refractivity contribution in [3.63, 3.8) is 0 Å². The van der Waals surface area contributed by atoms with E-state index in [1.54, 1.807) is 25.3 Å². The van der Waals surface area contributed by atoms with Crippen LogP contribution < -0.4 is 11.3 Å². The van der Waals surface area contributed by atoms with Crippen molar-refractivity contribution in [2.45, 2.75) is 17.0 Å². The summed E-state index contributed by atoms with van der Waals surface area (Å²) < 4.78 is 6.62. The highest BCUT2D eigenvalue weighted by Gasteiger charge is 2.23. The third-order valence-corrected chi connectivity index (χ3v) is 5.48. The second kappa shape index (κ2) is 8.56. The summed E-state index contributed by atoms with van der Waals surface area (Å²) in [6.07, 6.45) is 0. The van der Waals surface area contributed by atoms with Crippen LogP contribution in [0.25, 0.3) is 10.9 Å². The maximum Gasteiger partial charge on any atom is 0.262 e. The van der Waals surface area contributed by atoms with Crippen molar-refractivity contribution in [2.75, 3.05) is 13.7 Å². The van der Waals surface area contributed by atoms with Crippen molar-refractivity contribution in [1.82, 2.24) is 9.55 Å². The van der Waals surface area contributed by atoms with Crippen LogP contribution in [-0.4, -0.2) is 29.2 Å². The van der Waals surface area contributed by atoms with Gasteiger partial charge in [0.05, 0.1) is 24.1 Å². The summed E-state index contributed by atoms with van der Waals surface area (Å²) in [7, 11) is 1.56. The van der Waals surface area contributed by atoms with Gasteiger partial charge in [-0.25, -0.2) is 4.98 Å². The van der Waals surface area contributed by atoms with E-state index in [0.29, 0.717) is 34.2 Å². The van der Waals surface area contributed by atoms with E-state index in [0.717, 1.165) is 17.3 Å². The Kier molecular flexibility index (Phi) is 6.15. The van der Waals surface area contributed by atoms with Crippen molar-refractivity contribution in [3.8, 4) is 0 Å². The molecule has 1 atom stereocenters. The summed E-state index contributed by atoms with van der Waals surface area (Å²) in [5.74, 6) is -0.509. The fraction of sp³-hybridized carbons (Fsp3) is 0.211. The molecule has 27 heavy (non-hydrogen) atoms. The van der Waals surface area contributed by atoms with Gasteiger partial charge in [-0.05, 0) is 23.8 Å². The van der Waals surface area contributed by atoms with Gasteiger partial charge in [0.2, 0.25) is 5.91 Å². The fourth-order valence-corrected chi connectivity index (χ4v) is 3.91. The van der Waals surface area contributed by atoms with Crippen molar-refractivity contribution in [2.24, 2.45) is 5.73 Å². The molecule has 0 spiro atoms. The number of rotatable bonds is 7. The van der Waals surface area contributed by atoms with Gasteiger partial charge in [0.25, 0.3) is 5.56 Å². The lowest BCUT2D eigenvalue weighted by atomic mass is 10.1. The summed E-state index contributed by atoms with van der Waals surface area (Å²) in [6, 6.07) is 14.1. The third kappa shape index (κ3) is 4.32. The van der Waals surface area contributed by atoms with Crippen LogP contribution >= 0.6 is 23.4 Å². The molecule has 0 bridgehead atoms. The Bertz CT molecular complexity index is 1020. The summed E-state index contributed by atoms with van der Waals surface area (Å²) in [4.78, 5) is 29.6. The molecular formula is C19H18ClN3O3S. The standard InChI is InChI=1S/C19H18ClN3O3S/c1-26-10-9-23-18(25)14-8-7-13(20)11-15(14)22-19(23)27-16(17(21)24)12-5-3-2-4-6-12/h2-8,11,16H,9-10H2,1H3,(H2,21,24). The average Bonchev–Trinajstić information content (AvgIpc) is 2.66. The van der Waals surface area contributed by atoms with Gasteiger partial charge in [-0.3, -0.25) is 14.2 Å². The number of ether oxygens (including phenoxy) is 1. The zero-order valence-electron chi connectivity index (χ0n) is 14.6. The molecule has 0 radical (unpaired) electrons. The number of hydrogen-bond donors (Lipinski definition) is 1. The van der Waals surface area contributed by atoms with Crippen LogP contribution in [-0.2, 0) is 16.1 Å². The second-order valence-electron chi connectivity index (χ2n) is 5.82. The summed E-state index contributed by atoms with van der Waals surface area (Å²) in [5, 5.41) is 0.646. The van der Waals surface area contributed by atoms with E-state index in [9.17, 15) is 9.59 Å². The predicted molar refractivity (Wildman–Crippen MR) is 107 cm³/mol. The topological polar surface area (TPSA) is 87.2 Å². The molecule has 2 aromatic carbocycles. The first-order chi connectivity index (χ1) is 13.0. The van der Waals surface area contributed by atoms with Crippen LogP contribution in [0.4, 0.5) is 0 Å². The number of fused-ring (bicyclic) bond motifs is 1. The van der Waals surface area contributed by atoms with E-state index >= 15 is 0 Å². The molecule has 2 N–H and O–H groups in total. The zero-order valence-corrected chi connectivity index (χ0v) is 16.2. The molecular weight excluding hydrogens is 386 g/mol. The summed E-state index contributed by atoms with van der Waals surface area (Å²) in [5.41, 5.74) is 6.62. The van der Waals surface area contributed by atoms with E-state index in [-0.39, 0.29) is 5.56 Å². The Morgan fingerprint density at radius 3 is 2.70 bits per heavy atom. The Labute approximate surface area is 165 Å². The Hall–Kier alpha value is -2.35. The number of methoxy groups -OCH3 is 1. The van der Waals surface area contributed by atoms with Gasteiger partial charge in [-0.1, -0.05) is 53.7 Å². The lowest BCUT2D eigenvalue weighted by Crippen LogP contribution is -2.27. The van der Waals surface area contributed by atoms with Crippen LogP contribution in [0.1, 0.15) is 10.8 Å². The number of nitrogens with zero attached hydrogens (tertiary/aromatic N) is 2. The van der Waals surface area contributed by atoms with Gasteiger partial charge >= 0.3 is 0 Å². The smallest absolute Gasteiger partial charge is 0.262 e. The van der Waals surface area contributed by atoms with Gasteiger partial charge < -0.3 is 10.5 Å². The van der Waals surface area contributed by atoms with Crippen molar-refractivity contribution >= 4 is 40.2 Å². The molecule has 1 amide bonds. The van der Waals surface area contributed by atoms with Crippen molar-refractivity contribution < 1.29 is 9.53 Å². The molecule has 1 unspecified atom stereocenters. The van der Waals surface area contributed by atoms with Crippen molar-refractivity contribution in [1.29, 1.82) is 0 Å². The Morgan fingerprint density at radius 1 is 1.30 bits per heavy atom. The molecule has 0 saturated carbocycles. The molecule has 0 fully saturated rings. The molecule has 0 aliphatic rings. The largest absolute Gasteiger partial charge is 0.383 e. The number of amides is 1. The number of halogens is 1. The molecule has 3 rings (SSSR count). The number of thioether (sulfide) groups is 1. The van der Waals surface area contributed by atoms with E-state index in [2.05, 4.69) is 4.98 Å². The van der Waals surface area contributed by atoms with Gasteiger partial charge in [0.15, 0.2) is 5.16 Å². The highest BCUT2D eigenvalue weighted by atomic mass is 35.5. The molecule has 1 aromatic heterocycles. The van der Waals surface area contributed by atoms with E-state index in [1.807, 2.05) is 30.3 Å². The first-order valence-corrected chi connectivity index (χ1v) is 9.47. The number of carbonyl (C=O) groups is 1. The van der Waals surface area contributed by atoms with E-state index < -0.39 is 11.2 Å². The van der Waals surface area contributed by atoms with Crippen LogP contribution in [0.5, 0.6) is 0 Å². The normalized spacial score (nSPS) is 12.2. The second-order valence-corrected chi connectivity index (χ2v) is 7.33. The van der Waals surface area contributed by atoms with Crippen LogP contribution in [0, 0.1) is 0 Å². The Balaban J connectivity index is 2.12. The quantitative estimate of drug-likeness (QED) is 0.484. The third-order valence-electron chi connectivity index (χ3n) is 3.99. The fourth-order valence-electron chi connectivity index (χ4n) is 2.67. The SMILES string of the molecule is COCCn1c(SC(C(N)=O)c2ccccc2)nc2cc(Cl)ccc2c1=O. The number of hydrogen-bond acceptors (Lipinski definition) is 5. The molecule has 3 aromatic rings. The minimum Gasteiger partial charge on any atom is -0.383 e. The predicted octanol–water partition coefficient (Wildman–Crippen LogP) is 3.02. The van der Waals surface area contributed by atoms with Gasteiger partial charge in [-0.15, -0.1) is 0 Å². The summed E-state index contributed by atoms with van der Waals surface area (Å²) in [6.45, 7) is 0.643. The number of aromatic nitrogens is 2. The number of carbonyl (C=O) groups excluding carboxylic acids is 1. The maximum absolute atomic E-state index is 12.9. The van der Waals surface area contributed by atoms with Crippen LogP contribution in [0.3, 0.4) is 0 Å². The molecule has 0 saturated heterocycles. The van der Waals surface area contributed by atoms with Crippen LogP contribution in [0.15, 0.2) is 58.5 Å². The molecule has 0 aliphatic carbocycles. The number of nitrogens with two attached hydrogens (primary N) is 1. The van der Waals surface area contributed by atoms with Crippen LogP contribution in [0.2, 0.25) is 5.02 Å². The molecule has 6 nitrogen and oxygen atoms in total. The molecule has 0 aliphatic heterocycles. The first-order valence-electron chi connectivity index (χ1n) is 8.21. The minimum absolute atomic E-state index is 0.215. The van der Waals surface area contributed by atoms with Gasteiger partial charge in [0, 0.05) is 12.1 Å². The molecule has 140 valence electrons.